The third kappa shape index (κ3) is 3.86. The first kappa shape index (κ1) is 15.1. The average molecular weight is 307 g/mol. The van der Waals surface area contributed by atoms with E-state index >= 15 is 0 Å². The second kappa shape index (κ2) is 6.45. The van der Waals surface area contributed by atoms with Gasteiger partial charge in [0.15, 0.2) is 0 Å². The Morgan fingerprint density at radius 3 is 2.48 bits per heavy atom. The summed E-state index contributed by atoms with van der Waals surface area (Å²) in [6.45, 7) is 2.03. The molecule has 0 aliphatic carbocycles. The van der Waals surface area contributed by atoms with Crippen molar-refractivity contribution in [3.63, 3.8) is 0 Å². The van der Waals surface area contributed by atoms with Gasteiger partial charge in [-0.1, -0.05) is 29.3 Å². The molecule has 0 aliphatic heterocycles. The van der Waals surface area contributed by atoms with Gasteiger partial charge in [-0.2, -0.15) is 0 Å². The Morgan fingerprint density at radius 1 is 1.29 bits per heavy atom. The van der Waals surface area contributed by atoms with Gasteiger partial charge in [-0.15, -0.1) is 0 Å². The number of nitrogens with zero attached hydrogens (tertiary/aromatic N) is 1. The Kier molecular flexibility index (Phi) is 4.65. The molecule has 0 fully saturated rings. The van der Waals surface area contributed by atoms with Gasteiger partial charge in [-0.3, -0.25) is 9.59 Å². The number of nitrogens with one attached hydrogen (secondary N) is 1. The Balaban J connectivity index is 2.28. The molecule has 5 nitrogen and oxygen atoms in total. The fraction of sp³-hybridized carbons (Fsp3) is 0.200. The highest BCUT2D eigenvalue weighted by atomic mass is 35.5. The van der Waals surface area contributed by atoms with Crippen molar-refractivity contribution < 1.29 is 14.7 Å². The zero-order chi connectivity index (χ0) is 15.4. The quantitative estimate of drug-likeness (QED) is 0.891. The first-order valence-corrected chi connectivity index (χ1v) is 6.79. The minimum Gasteiger partial charge on any atom is -0.481 e. The van der Waals surface area contributed by atoms with E-state index in [9.17, 15) is 9.59 Å². The number of anilines is 1. The fourth-order valence-corrected chi connectivity index (χ4v) is 2.08. The number of halogens is 1. The summed E-state index contributed by atoms with van der Waals surface area (Å²) in [5.74, 6) is -1.27. The number of carboxylic acid groups (broad SMARTS) is 1. The van der Waals surface area contributed by atoms with E-state index in [2.05, 4.69) is 4.98 Å². The van der Waals surface area contributed by atoms with Gasteiger partial charge in [0, 0.05) is 18.4 Å². The van der Waals surface area contributed by atoms with E-state index in [1.165, 1.54) is 17.2 Å². The van der Waals surface area contributed by atoms with Gasteiger partial charge in [0.1, 0.15) is 5.69 Å². The predicted molar refractivity (Wildman–Crippen MR) is 80.9 cm³/mol. The minimum atomic E-state index is -0.954. The molecule has 6 heteroatoms. The number of carbonyl (C=O) groups excluding carboxylic acids is 1. The lowest BCUT2D eigenvalue weighted by molar-refractivity contribution is -0.136. The van der Waals surface area contributed by atoms with Crippen LogP contribution >= 0.6 is 11.6 Å². The van der Waals surface area contributed by atoms with Crippen molar-refractivity contribution in [2.45, 2.75) is 13.3 Å². The number of benzene rings is 1. The summed E-state index contributed by atoms with van der Waals surface area (Å²) >= 11 is 5.81. The number of amides is 1. The van der Waals surface area contributed by atoms with Crippen molar-refractivity contribution in [2.75, 3.05) is 11.4 Å². The summed E-state index contributed by atoms with van der Waals surface area (Å²) in [6, 6.07) is 8.85. The molecular formula is C15H15ClN2O3. The summed E-state index contributed by atoms with van der Waals surface area (Å²) in [5.41, 5.74) is 2.04. The molecule has 2 N–H and O–H groups in total. The summed E-state index contributed by atoms with van der Waals surface area (Å²) < 4.78 is 0. The summed E-state index contributed by atoms with van der Waals surface area (Å²) in [4.78, 5) is 27.5. The van der Waals surface area contributed by atoms with E-state index in [0.29, 0.717) is 16.4 Å². The van der Waals surface area contributed by atoms with Crippen molar-refractivity contribution in [1.82, 2.24) is 4.98 Å². The SMILES string of the molecule is Cc1ccc(N(CCC(=O)O)C(=O)c2cc(Cl)c[nH]2)cc1. The van der Waals surface area contributed by atoms with Gasteiger partial charge in [0.25, 0.3) is 5.91 Å². The first-order valence-electron chi connectivity index (χ1n) is 6.41. The second-order valence-electron chi connectivity index (χ2n) is 4.67. The van der Waals surface area contributed by atoms with Crippen LogP contribution in [0.15, 0.2) is 36.5 Å². The van der Waals surface area contributed by atoms with Crippen molar-refractivity contribution in [2.24, 2.45) is 0 Å². The maximum absolute atomic E-state index is 12.5. The molecule has 2 aromatic rings. The third-order valence-corrected chi connectivity index (χ3v) is 3.24. The smallest absolute Gasteiger partial charge is 0.305 e. The Labute approximate surface area is 127 Å². The molecule has 0 saturated heterocycles. The van der Waals surface area contributed by atoms with E-state index in [1.54, 1.807) is 12.1 Å². The highest BCUT2D eigenvalue weighted by Crippen LogP contribution is 2.19. The topological polar surface area (TPSA) is 73.4 Å². The number of hydrogen-bond donors (Lipinski definition) is 2. The Hall–Kier alpha value is -2.27. The molecule has 1 aromatic carbocycles. The van der Waals surface area contributed by atoms with Gasteiger partial charge in [0.05, 0.1) is 11.4 Å². The molecule has 1 amide bonds. The van der Waals surface area contributed by atoms with Crippen LogP contribution in [0.2, 0.25) is 5.02 Å². The van der Waals surface area contributed by atoms with E-state index in [-0.39, 0.29) is 18.9 Å². The van der Waals surface area contributed by atoms with Crippen molar-refractivity contribution >= 4 is 29.2 Å². The van der Waals surface area contributed by atoms with Crippen LogP contribution < -0.4 is 4.90 Å². The Morgan fingerprint density at radius 2 is 1.95 bits per heavy atom. The fourth-order valence-electron chi connectivity index (χ4n) is 1.92. The van der Waals surface area contributed by atoms with Gasteiger partial charge in [-0.25, -0.2) is 0 Å². The molecule has 0 spiro atoms. The number of aromatic nitrogens is 1. The summed E-state index contributed by atoms with van der Waals surface area (Å²) in [7, 11) is 0. The summed E-state index contributed by atoms with van der Waals surface area (Å²) in [5, 5.41) is 9.27. The molecule has 0 atom stereocenters. The maximum Gasteiger partial charge on any atom is 0.305 e. The number of hydrogen-bond acceptors (Lipinski definition) is 2. The summed E-state index contributed by atoms with van der Waals surface area (Å²) in [6.07, 6.45) is 1.38. The van der Waals surface area contributed by atoms with Crippen LogP contribution in [0.25, 0.3) is 0 Å². The number of aliphatic carboxylic acids is 1. The molecule has 0 bridgehead atoms. The number of carbonyl (C=O) groups is 2. The maximum atomic E-state index is 12.5. The van der Waals surface area contributed by atoms with Crippen LogP contribution in [0, 0.1) is 6.92 Å². The number of aromatic amines is 1. The zero-order valence-corrected chi connectivity index (χ0v) is 12.2. The molecular weight excluding hydrogens is 292 g/mol. The van der Waals surface area contributed by atoms with Crippen LogP contribution in [0.3, 0.4) is 0 Å². The molecule has 1 aromatic heterocycles. The highest BCUT2D eigenvalue weighted by Gasteiger charge is 2.20. The normalized spacial score (nSPS) is 10.4. The number of H-pyrrole nitrogens is 1. The first-order chi connectivity index (χ1) is 9.97. The lowest BCUT2D eigenvalue weighted by Crippen LogP contribution is -2.33. The van der Waals surface area contributed by atoms with Crippen LogP contribution in [-0.2, 0) is 4.79 Å². The minimum absolute atomic E-state index is 0.0911. The molecule has 110 valence electrons. The number of aryl methyl sites for hydroxylation is 1. The molecule has 21 heavy (non-hydrogen) atoms. The molecule has 2 rings (SSSR count). The molecule has 0 saturated carbocycles. The van der Waals surface area contributed by atoms with Crippen LogP contribution in [0.1, 0.15) is 22.5 Å². The van der Waals surface area contributed by atoms with E-state index in [1.807, 2.05) is 19.1 Å². The molecule has 0 radical (unpaired) electrons. The lowest BCUT2D eigenvalue weighted by atomic mass is 10.2. The van der Waals surface area contributed by atoms with E-state index in [0.717, 1.165) is 5.56 Å². The van der Waals surface area contributed by atoms with Crippen molar-refractivity contribution in [3.05, 3.63) is 52.8 Å². The van der Waals surface area contributed by atoms with Gasteiger partial charge in [0.2, 0.25) is 0 Å². The molecule has 0 unspecified atom stereocenters. The monoisotopic (exact) mass is 306 g/mol. The van der Waals surface area contributed by atoms with Gasteiger partial charge < -0.3 is 15.0 Å². The third-order valence-electron chi connectivity index (χ3n) is 3.02. The van der Waals surface area contributed by atoms with Crippen molar-refractivity contribution in [3.8, 4) is 0 Å². The molecule has 1 heterocycles. The van der Waals surface area contributed by atoms with Crippen LogP contribution in [0.5, 0.6) is 0 Å². The molecule has 0 aliphatic rings. The van der Waals surface area contributed by atoms with Crippen LogP contribution in [-0.4, -0.2) is 28.5 Å². The van der Waals surface area contributed by atoms with Gasteiger partial charge in [-0.05, 0) is 25.1 Å². The average Bonchev–Trinajstić information content (AvgIpc) is 2.87. The largest absolute Gasteiger partial charge is 0.481 e. The van der Waals surface area contributed by atoms with Gasteiger partial charge >= 0.3 is 5.97 Å². The number of carboxylic acids is 1. The number of rotatable bonds is 5. The zero-order valence-electron chi connectivity index (χ0n) is 11.5. The van der Waals surface area contributed by atoms with E-state index in [4.69, 9.17) is 16.7 Å². The second-order valence-corrected chi connectivity index (χ2v) is 5.10. The highest BCUT2D eigenvalue weighted by molar-refractivity contribution is 6.31. The van der Waals surface area contributed by atoms with E-state index < -0.39 is 5.97 Å². The van der Waals surface area contributed by atoms with Crippen LogP contribution in [0.4, 0.5) is 5.69 Å². The standard InChI is InChI=1S/C15H15ClN2O3/c1-10-2-4-12(5-3-10)18(7-6-14(19)20)15(21)13-8-11(16)9-17-13/h2-5,8-9,17H,6-7H2,1H3,(H,19,20). The van der Waals surface area contributed by atoms with Crippen molar-refractivity contribution in [1.29, 1.82) is 0 Å². The predicted octanol–water partition coefficient (Wildman–Crippen LogP) is 3.10. The lowest BCUT2D eigenvalue weighted by Gasteiger charge is -2.21. The Bertz CT molecular complexity index is 649.